The van der Waals surface area contributed by atoms with Gasteiger partial charge in [0.25, 0.3) is 5.91 Å². The van der Waals surface area contributed by atoms with E-state index in [2.05, 4.69) is 26.6 Å². The number of carbonyl (C=O) groups is 3. The Morgan fingerprint density at radius 3 is 2.52 bits per heavy atom. The molecule has 1 aromatic carbocycles. The Labute approximate surface area is 129 Å². The molecule has 0 aliphatic carbocycles. The first-order valence-electron chi connectivity index (χ1n) is 5.98. The van der Waals surface area contributed by atoms with Crippen molar-refractivity contribution in [1.29, 1.82) is 0 Å². The maximum atomic E-state index is 11.8. The zero-order valence-electron chi connectivity index (χ0n) is 11.2. The average molecular weight is 359 g/mol. The molecule has 0 fully saturated rings. The molecular weight excluding hydrogens is 344 g/mol. The van der Waals surface area contributed by atoms with E-state index in [4.69, 9.17) is 5.11 Å². The zero-order valence-corrected chi connectivity index (χ0v) is 12.8. The molecule has 0 saturated carbocycles. The fraction of sp³-hybridized carbons (Fsp3) is 0.308. The van der Waals surface area contributed by atoms with Crippen LogP contribution in [0, 0.1) is 0 Å². The molecule has 0 radical (unpaired) electrons. The van der Waals surface area contributed by atoms with Crippen molar-refractivity contribution in [2.24, 2.45) is 0 Å². The van der Waals surface area contributed by atoms with E-state index in [0.29, 0.717) is 5.56 Å². The molecule has 0 bridgehead atoms. The lowest BCUT2D eigenvalue weighted by atomic mass is 10.1. The lowest BCUT2D eigenvalue weighted by Gasteiger charge is -2.18. The fourth-order valence-corrected chi connectivity index (χ4v) is 1.70. The first kappa shape index (κ1) is 17.1. The lowest BCUT2D eigenvalue weighted by Crippen LogP contribution is -2.48. The summed E-state index contributed by atoms with van der Waals surface area (Å²) in [5, 5.41) is 22.7. The van der Waals surface area contributed by atoms with Crippen LogP contribution in [0.4, 0.5) is 0 Å². The third-order valence-electron chi connectivity index (χ3n) is 2.59. The van der Waals surface area contributed by atoms with Crippen molar-refractivity contribution in [3.63, 3.8) is 0 Å². The van der Waals surface area contributed by atoms with Crippen molar-refractivity contribution in [1.82, 2.24) is 10.6 Å². The van der Waals surface area contributed by atoms with Crippen LogP contribution in [0.25, 0.3) is 0 Å². The van der Waals surface area contributed by atoms with Gasteiger partial charge in [0.05, 0.1) is 13.1 Å². The summed E-state index contributed by atoms with van der Waals surface area (Å²) < 4.78 is 0.733. The highest BCUT2D eigenvalue weighted by atomic mass is 79.9. The maximum Gasteiger partial charge on any atom is 0.337 e. The highest BCUT2D eigenvalue weighted by Crippen LogP contribution is 2.11. The second-order valence-corrected chi connectivity index (χ2v) is 5.46. The predicted octanol–water partition coefficient (Wildman–Crippen LogP) is 0.131. The highest BCUT2D eigenvalue weighted by molar-refractivity contribution is 9.10. The molecule has 1 unspecified atom stereocenters. The summed E-state index contributed by atoms with van der Waals surface area (Å²) in [4.78, 5) is 33.9. The quantitative estimate of drug-likeness (QED) is 0.576. The predicted molar refractivity (Wildman–Crippen MR) is 77.7 cm³/mol. The van der Waals surface area contributed by atoms with Crippen LogP contribution in [0.3, 0.4) is 0 Å². The Morgan fingerprint density at radius 1 is 1.29 bits per heavy atom. The fourth-order valence-electron chi connectivity index (χ4n) is 1.30. The summed E-state index contributed by atoms with van der Waals surface area (Å²) in [6.45, 7) is 0.296. The number of aliphatic carboxylic acids is 1. The van der Waals surface area contributed by atoms with E-state index in [1.54, 1.807) is 24.3 Å². The number of carboxylic acid groups (broad SMARTS) is 1. The first-order valence-corrected chi connectivity index (χ1v) is 6.78. The largest absolute Gasteiger partial charge is 0.479 e. The van der Waals surface area contributed by atoms with Gasteiger partial charge in [-0.15, -0.1) is 0 Å². The van der Waals surface area contributed by atoms with Crippen LogP contribution in [0.2, 0.25) is 0 Å². The van der Waals surface area contributed by atoms with Crippen LogP contribution in [0.5, 0.6) is 0 Å². The molecule has 1 atom stereocenters. The first-order chi connectivity index (χ1) is 9.72. The average Bonchev–Trinajstić information content (AvgIpc) is 2.42. The van der Waals surface area contributed by atoms with Gasteiger partial charge in [-0.3, -0.25) is 9.59 Å². The second kappa shape index (κ2) is 7.19. The zero-order chi connectivity index (χ0) is 16.0. The van der Waals surface area contributed by atoms with E-state index < -0.39 is 29.9 Å². The van der Waals surface area contributed by atoms with Crippen LogP contribution in [-0.4, -0.2) is 46.7 Å². The number of hydrogen-bond acceptors (Lipinski definition) is 4. The highest BCUT2D eigenvalue weighted by Gasteiger charge is 2.30. The second-order valence-electron chi connectivity index (χ2n) is 4.55. The summed E-state index contributed by atoms with van der Waals surface area (Å²) >= 11 is 3.23. The van der Waals surface area contributed by atoms with Crippen molar-refractivity contribution in [2.45, 2.75) is 12.5 Å². The molecule has 0 aliphatic rings. The van der Waals surface area contributed by atoms with Crippen LogP contribution < -0.4 is 10.6 Å². The van der Waals surface area contributed by atoms with Gasteiger partial charge in [0.1, 0.15) is 0 Å². The van der Waals surface area contributed by atoms with Crippen molar-refractivity contribution in [2.75, 3.05) is 13.1 Å². The Kier molecular flexibility index (Phi) is 5.86. The number of nitrogens with one attached hydrogen (secondary N) is 2. The summed E-state index contributed by atoms with van der Waals surface area (Å²) in [7, 11) is 0. The van der Waals surface area contributed by atoms with Gasteiger partial charge in [-0.1, -0.05) is 22.0 Å². The molecule has 114 valence electrons. The smallest absolute Gasteiger partial charge is 0.337 e. The van der Waals surface area contributed by atoms with Gasteiger partial charge < -0.3 is 20.8 Å². The summed E-state index contributed by atoms with van der Waals surface area (Å²) in [5.41, 5.74) is -1.67. The van der Waals surface area contributed by atoms with E-state index in [-0.39, 0.29) is 6.54 Å². The molecule has 8 heteroatoms. The van der Waals surface area contributed by atoms with Crippen molar-refractivity contribution < 1.29 is 24.6 Å². The minimum Gasteiger partial charge on any atom is -0.479 e. The van der Waals surface area contributed by atoms with Gasteiger partial charge in [0.2, 0.25) is 5.91 Å². The number of halogens is 1. The molecule has 7 nitrogen and oxygen atoms in total. The van der Waals surface area contributed by atoms with Crippen LogP contribution >= 0.6 is 15.9 Å². The van der Waals surface area contributed by atoms with Gasteiger partial charge >= 0.3 is 5.97 Å². The number of amides is 2. The molecule has 4 N–H and O–H groups in total. The van der Waals surface area contributed by atoms with E-state index in [9.17, 15) is 19.5 Å². The minimum atomic E-state index is -2.05. The van der Waals surface area contributed by atoms with E-state index >= 15 is 0 Å². The van der Waals surface area contributed by atoms with E-state index in [0.717, 1.165) is 11.4 Å². The maximum absolute atomic E-state index is 11.8. The number of benzene rings is 1. The standard InChI is InChI=1S/C13H15BrN2O5/c1-13(21,12(19)20)7-16-10(17)6-15-11(18)8-3-2-4-9(14)5-8/h2-5,21H,6-7H2,1H3,(H,15,18)(H,16,17)(H,19,20). The van der Waals surface area contributed by atoms with Gasteiger partial charge in [0, 0.05) is 10.0 Å². The Hall–Kier alpha value is -1.93. The van der Waals surface area contributed by atoms with Crippen molar-refractivity contribution in [3.8, 4) is 0 Å². The van der Waals surface area contributed by atoms with Gasteiger partial charge in [-0.05, 0) is 25.1 Å². The molecule has 1 aromatic rings. The van der Waals surface area contributed by atoms with E-state index in [1.165, 1.54) is 0 Å². The summed E-state index contributed by atoms with van der Waals surface area (Å²) in [6.07, 6.45) is 0. The molecular formula is C13H15BrN2O5. The third kappa shape index (κ3) is 5.52. The minimum absolute atomic E-state index is 0.318. The number of carboxylic acids is 1. The van der Waals surface area contributed by atoms with Gasteiger partial charge in [0.15, 0.2) is 5.60 Å². The number of rotatable bonds is 6. The summed E-state index contributed by atoms with van der Waals surface area (Å²) in [5.74, 6) is -2.47. The van der Waals surface area contributed by atoms with Crippen molar-refractivity contribution in [3.05, 3.63) is 34.3 Å². The Morgan fingerprint density at radius 2 is 1.95 bits per heavy atom. The van der Waals surface area contributed by atoms with Gasteiger partial charge in [-0.2, -0.15) is 0 Å². The monoisotopic (exact) mass is 358 g/mol. The SMILES string of the molecule is CC(O)(CNC(=O)CNC(=O)c1cccc(Br)c1)C(=O)O. The molecule has 0 spiro atoms. The Bertz CT molecular complexity index is 559. The molecule has 1 rings (SSSR count). The van der Waals surface area contributed by atoms with Gasteiger partial charge in [-0.25, -0.2) is 4.79 Å². The normalized spacial score (nSPS) is 13.1. The molecule has 21 heavy (non-hydrogen) atoms. The summed E-state index contributed by atoms with van der Waals surface area (Å²) in [6, 6.07) is 6.64. The topological polar surface area (TPSA) is 116 Å². The van der Waals surface area contributed by atoms with Crippen LogP contribution in [-0.2, 0) is 9.59 Å². The molecule has 2 amide bonds. The van der Waals surface area contributed by atoms with E-state index in [1.807, 2.05) is 0 Å². The van der Waals surface area contributed by atoms with Crippen LogP contribution in [0.15, 0.2) is 28.7 Å². The lowest BCUT2D eigenvalue weighted by molar-refractivity contribution is -0.156. The molecule has 0 aromatic heterocycles. The van der Waals surface area contributed by atoms with Crippen molar-refractivity contribution >= 4 is 33.7 Å². The Balaban J connectivity index is 2.43. The molecule has 0 heterocycles. The number of carbonyl (C=O) groups excluding carboxylic acids is 2. The van der Waals surface area contributed by atoms with Crippen LogP contribution in [0.1, 0.15) is 17.3 Å². The molecule has 0 aliphatic heterocycles. The molecule has 0 saturated heterocycles. The third-order valence-corrected chi connectivity index (χ3v) is 3.08. The number of hydrogen-bond donors (Lipinski definition) is 4. The number of aliphatic hydroxyl groups is 1.